The molecule has 0 spiro atoms. The summed E-state index contributed by atoms with van der Waals surface area (Å²) >= 11 is 7.39. The zero-order valence-corrected chi connectivity index (χ0v) is 16.0. The number of thioether (sulfide) groups is 1. The smallest absolute Gasteiger partial charge is 0.238 e. The van der Waals surface area contributed by atoms with Crippen LogP contribution in [0.15, 0.2) is 23.1 Å². The van der Waals surface area contributed by atoms with E-state index < -0.39 is 5.25 Å². The minimum atomic E-state index is -0.392. The second-order valence-electron chi connectivity index (χ2n) is 6.81. The Morgan fingerprint density at radius 3 is 2.72 bits per heavy atom. The summed E-state index contributed by atoms with van der Waals surface area (Å²) in [6.07, 6.45) is 4.60. The van der Waals surface area contributed by atoms with Crippen molar-refractivity contribution in [1.82, 2.24) is 10.6 Å². The van der Waals surface area contributed by atoms with Crippen LogP contribution in [0.5, 0.6) is 0 Å². The van der Waals surface area contributed by atoms with Crippen LogP contribution in [0, 0.1) is 0 Å². The molecule has 0 aliphatic carbocycles. The summed E-state index contributed by atoms with van der Waals surface area (Å²) in [5.74, 6) is -0.165. The predicted molar refractivity (Wildman–Crippen MR) is 103 cm³/mol. The maximum atomic E-state index is 12.4. The van der Waals surface area contributed by atoms with Gasteiger partial charge in [-0.1, -0.05) is 11.6 Å². The van der Waals surface area contributed by atoms with E-state index in [1.807, 2.05) is 6.07 Å². The molecule has 2 amide bonds. The number of benzene rings is 1. The van der Waals surface area contributed by atoms with Crippen molar-refractivity contribution in [1.29, 1.82) is 0 Å². The first-order valence-electron chi connectivity index (χ1n) is 8.39. The fraction of sp³-hybridized carbons (Fsp3) is 0.529. The SMILES string of the molecule is Cl.O=C(CC1Sc2ccc(Cl)cc2NC1=O)NC1CC2CCC(C1)N2. The van der Waals surface area contributed by atoms with E-state index in [1.54, 1.807) is 12.1 Å². The Balaban J connectivity index is 0.00000182. The molecule has 0 saturated carbocycles. The molecule has 136 valence electrons. The summed E-state index contributed by atoms with van der Waals surface area (Å²) in [6.45, 7) is 0. The van der Waals surface area contributed by atoms with E-state index in [9.17, 15) is 9.59 Å². The molecule has 3 heterocycles. The molecule has 0 radical (unpaired) electrons. The van der Waals surface area contributed by atoms with Crippen molar-refractivity contribution in [3.63, 3.8) is 0 Å². The second kappa shape index (κ2) is 7.74. The van der Waals surface area contributed by atoms with Crippen molar-refractivity contribution in [3.05, 3.63) is 23.2 Å². The lowest BCUT2D eigenvalue weighted by atomic mass is 9.99. The quantitative estimate of drug-likeness (QED) is 0.727. The average Bonchev–Trinajstić information content (AvgIpc) is 2.87. The number of hydrogen-bond acceptors (Lipinski definition) is 4. The molecular formula is C17H21Cl2N3O2S. The van der Waals surface area contributed by atoms with E-state index in [4.69, 9.17) is 11.6 Å². The van der Waals surface area contributed by atoms with Gasteiger partial charge in [-0.2, -0.15) is 0 Å². The van der Waals surface area contributed by atoms with Crippen LogP contribution < -0.4 is 16.0 Å². The Labute approximate surface area is 162 Å². The first-order chi connectivity index (χ1) is 11.6. The molecule has 3 N–H and O–H groups in total. The molecule has 1 aromatic rings. The lowest BCUT2D eigenvalue weighted by molar-refractivity contribution is -0.124. The third-order valence-electron chi connectivity index (χ3n) is 4.97. The van der Waals surface area contributed by atoms with Crippen molar-refractivity contribution in [2.24, 2.45) is 0 Å². The van der Waals surface area contributed by atoms with Crippen LogP contribution in [-0.2, 0) is 9.59 Å². The predicted octanol–water partition coefficient (Wildman–Crippen LogP) is 2.96. The van der Waals surface area contributed by atoms with Gasteiger partial charge >= 0.3 is 0 Å². The molecule has 2 fully saturated rings. The number of amides is 2. The highest BCUT2D eigenvalue weighted by molar-refractivity contribution is 8.01. The Bertz CT molecular complexity index is 676. The number of rotatable bonds is 3. The van der Waals surface area contributed by atoms with Crippen molar-refractivity contribution in [3.8, 4) is 0 Å². The number of piperidine rings is 1. The first kappa shape index (κ1) is 18.8. The number of hydrogen-bond donors (Lipinski definition) is 3. The van der Waals surface area contributed by atoms with Crippen LogP contribution >= 0.6 is 35.8 Å². The van der Waals surface area contributed by atoms with Gasteiger partial charge in [-0.05, 0) is 43.9 Å². The summed E-state index contributed by atoms with van der Waals surface area (Å²) in [5.41, 5.74) is 0.726. The van der Waals surface area contributed by atoms with Gasteiger partial charge in [-0.25, -0.2) is 0 Å². The highest BCUT2D eigenvalue weighted by Crippen LogP contribution is 2.38. The number of carbonyl (C=O) groups is 2. The molecule has 3 unspecified atom stereocenters. The van der Waals surface area contributed by atoms with E-state index >= 15 is 0 Å². The zero-order chi connectivity index (χ0) is 16.7. The highest BCUT2D eigenvalue weighted by Gasteiger charge is 2.35. The second-order valence-corrected chi connectivity index (χ2v) is 8.50. The maximum Gasteiger partial charge on any atom is 0.238 e. The fourth-order valence-corrected chi connectivity index (χ4v) is 5.15. The number of halogens is 2. The molecule has 1 aromatic carbocycles. The highest BCUT2D eigenvalue weighted by atomic mass is 35.5. The molecule has 3 aliphatic rings. The van der Waals surface area contributed by atoms with Crippen LogP contribution in [0.25, 0.3) is 0 Å². The minimum absolute atomic E-state index is 0. The van der Waals surface area contributed by atoms with Gasteiger partial charge in [-0.3, -0.25) is 9.59 Å². The monoisotopic (exact) mass is 401 g/mol. The summed E-state index contributed by atoms with van der Waals surface area (Å²) in [7, 11) is 0. The molecule has 4 rings (SSSR count). The molecule has 2 bridgehead atoms. The molecule has 5 nitrogen and oxygen atoms in total. The van der Waals surface area contributed by atoms with Crippen LogP contribution in [-0.4, -0.2) is 35.2 Å². The third-order valence-corrected chi connectivity index (χ3v) is 6.48. The summed E-state index contributed by atoms with van der Waals surface area (Å²) in [5, 5.41) is 9.74. The molecule has 0 aromatic heterocycles. The van der Waals surface area contributed by atoms with Gasteiger partial charge in [-0.15, -0.1) is 24.2 Å². The van der Waals surface area contributed by atoms with Gasteiger partial charge in [0.25, 0.3) is 0 Å². The molecule has 3 aliphatic heterocycles. The molecular weight excluding hydrogens is 381 g/mol. The van der Waals surface area contributed by atoms with E-state index in [0.29, 0.717) is 17.1 Å². The summed E-state index contributed by atoms with van der Waals surface area (Å²) < 4.78 is 0. The Morgan fingerprint density at radius 1 is 1.28 bits per heavy atom. The molecule has 2 saturated heterocycles. The standard InChI is InChI=1S/C17H20ClN3O2S.ClH/c18-9-1-4-14-13(5-9)21-17(23)15(24-14)8-16(22)20-12-6-10-2-3-11(7-12)19-10;/h1,4-5,10-12,15,19H,2-3,6-8H2,(H,20,22)(H,21,23);1H. The van der Waals surface area contributed by atoms with Crippen LogP contribution in [0.1, 0.15) is 32.1 Å². The zero-order valence-electron chi connectivity index (χ0n) is 13.6. The topological polar surface area (TPSA) is 70.2 Å². The van der Waals surface area contributed by atoms with Gasteiger partial charge < -0.3 is 16.0 Å². The average molecular weight is 402 g/mol. The van der Waals surface area contributed by atoms with Crippen LogP contribution in [0.3, 0.4) is 0 Å². The van der Waals surface area contributed by atoms with E-state index in [2.05, 4.69) is 16.0 Å². The lowest BCUT2D eigenvalue weighted by Crippen LogP contribution is -2.48. The number of fused-ring (bicyclic) bond motifs is 3. The van der Waals surface area contributed by atoms with Gasteiger partial charge in [0, 0.05) is 34.5 Å². The number of nitrogens with one attached hydrogen (secondary N) is 3. The van der Waals surface area contributed by atoms with Crippen molar-refractivity contribution >= 4 is 53.3 Å². The van der Waals surface area contributed by atoms with E-state index in [-0.39, 0.29) is 36.7 Å². The van der Waals surface area contributed by atoms with Crippen LogP contribution in [0.4, 0.5) is 5.69 Å². The minimum Gasteiger partial charge on any atom is -0.353 e. The molecule has 3 atom stereocenters. The van der Waals surface area contributed by atoms with Gasteiger partial charge in [0.2, 0.25) is 11.8 Å². The van der Waals surface area contributed by atoms with Gasteiger partial charge in [0.1, 0.15) is 0 Å². The molecule has 8 heteroatoms. The van der Waals surface area contributed by atoms with E-state index in [0.717, 1.165) is 23.4 Å². The Morgan fingerprint density at radius 2 is 2.00 bits per heavy atom. The lowest BCUT2D eigenvalue weighted by Gasteiger charge is -2.30. The number of anilines is 1. The summed E-state index contributed by atoms with van der Waals surface area (Å²) in [6, 6.07) is 6.74. The summed E-state index contributed by atoms with van der Waals surface area (Å²) in [4.78, 5) is 25.6. The van der Waals surface area contributed by atoms with E-state index in [1.165, 1.54) is 24.6 Å². The first-order valence-corrected chi connectivity index (χ1v) is 9.65. The van der Waals surface area contributed by atoms with Crippen LogP contribution in [0.2, 0.25) is 5.02 Å². The largest absolute Gasteiger partial charge is 0.353 e. The van der Waals surface area contributed by atoms with Crippen molar-refractivity contribution in [2.45, 2.75) is 60.4 Å². The Kier molecular flexibility index (Phi) is 5.83. The van der Waals surface area contributed by atoms with Gasteiger partial charge in [0.15, 0.2) is 0 Å². The number of carbonyl (C=O) groups excluding carboxylic acids is 2. The molecule has 25 heavy (non-hydrogen) atoms. The fourth-order valence-electron chi connectivity index (χ4n) is 3.89. The third kappa shape index (κ3) is 4.25. The maximum absolute atomic E-state index is 12.4. The van der Waals surface area contributed by atoms with Gasteiger partial charge in [0.05, 0.1) is 10.9 Å². The van der Waals surface area contributed by atoms with Crippen molar-refractivity contribution < 1.29 is 9.59 Å². The van der Waals surface area contributed by atoms with Crippen molar-refractivity contribution in [2.75, 3.05) is 5.32 Å². The normalized spacial score (nSPS) is 30.0. The Hall–Kier alpha value is -0.950.